The van der Waals surface area contributed by atoms with Gasteiger partial charge in [-0.15, -0.1) is 0 Å². The third-order valence-corrected chi connectivity index (χ3v) is 8.90. The van der Waals surface area contributed by atoms with Gasteiger partial charge in [-0.1, -0.05) is 31.7 Å². The number of pyridine rings is 1. The number of carbonyl (C=O) groups excluding carboxylic acids is 1. The molecule has 2 saturated heterocycles. The summed E-state index contributed by atoms with van der Waals surface area (Å²) in [6.45, 7) is 9.28. The minimum absolute atomic E-state index is 0.110. The van der Waals surface area contributed by atoms with E-state index in [-0.39, 0.29) is 11.9 Å². The molecule has 0 radical (unpaired) electrons. The maximum atomic E-state index is 13.1. The topological polar surface area (TPSA) is 61.3 Å². The molecule has 7 heteroatoms. The Morgan fingerprint density at radius 2 is 1.71 bits per heavy atom. The van der Waals surface area contributed by atoms with Gasteiger partial charge in [0.05, 0.1) is 23.9 Å². The number of aliphatic imine (C=N–C) groups is 1. The molecule has 1 aromatic heterocycles. The lowest BCUT2D eigenvalue weighted by atomic mass is 10.0. The molecule has 0 unspecified atom stereocenters. The second kappa shape index (κ2) is 13.0. The van der Waals surface area contributed by atoms with Crippen LogP contribution < -0.4 is 9.64 Å². The van der Waals surface area contributed by atoms with E-state index in [2.05, 4.69) is 46.0 Å². The maximum absolute atomic E-state index is 13.1. The number of unbranched alkanes of at least 4 members (excludes halogenated alkanes) is 5. The first-order valence-electron chi connectivity index (χ1n) is 15.6. The molecule has 3 aliphatic heterocycles. The number of hydrogen-bond acceptors (Lipinski definition) is 6. The number of fused-ring (bicyclic) bond motifs is 3. The molecule has 0 aliphatic carbocycles. The Morgan fingerprint density at radius 1 is 0.902 bits per heavy atom. The van der Waals surface area contributed by atoms with Crippen LogP contribution >= 0.6 is 0 Å². The van der Waals surface area contributed by atoms with Gasteiger partial charge in [0.1, 0.15) is 11.6 Å². The minimum atomic E-state index is 0.110. The quantitative estimate of drug-likeness (QED) is 0.257. The van der Waals surface area contributed by atoms with Crippen LogP contribution in [0.25, 0.3) is 10.8 Å². The molecule has 2 fully saturated rings. The van der Waals surface area contributed by atoms with Crippen LogP contribution in [0, 0.1) is 6.92 Å². The van der Waals surface area contributed by atoms with E-state index >= 15 is 0 Å². The van der Waals surface area contributed by atoms with Crippen LogP contribution in [0.15, 0.2) is 53.7 Å². The van der Waals surface area contributed by atoms with Crippen LogP contribution in [0.3, 0.4) is 0 Å². The van der Waals surface area contributed by atoms with Crippen molar-refractivity contribution in [1.82, 2.24) is 14.8 Å². The van der Waals surface area contributed by atoms with E-state index in [0.29, 0.717) is 0 Å². The highest BCUT2D eigenvalue weighted by Crippen LogP contribution is 2.35. The first-order chi connectivity index (χ1) is 20.2. The molecule has 216 valence electrons. The van der Waals surface area contributed by atoms with Crippen molar-refractivity contribution in [2.24, 2.45) is 4.99 Å². The van der Waals surface area contributed by atoms with Crippen molar-refractivity contribution in [3.8, 4) is 5.75 Å². The Hall–Kier alpha value is -3.45. The first kappa shape index (κ1) is 27.7. The smallest absolute Gasteiger partial charge is 0.256 e. The average Bonchev–Trinajstić information content (AvgIpc) is 3.44. The monoisotopic (exact) mass is 553 g/mol. The molecule has 0 spiro atoms. The lowest BCUT2D eigenvalue weighted by Crippen LogP contribution is -2.46. The normalized spacial score (nSPS) is 19.0. The summed E-state index contributed by atoms with van der Waals surface area (Å²) in [5.41, 5.74) is 2.61. The number of aromatic nitrogens is 1. The van der Waals surface area contributed by atoms with Gasteiger partial charge in [-0.05, 0) is 91.9 Å². The number of hydrogen-bond donors (Lipinski definition) is 0. The van der Waals surface area contributed by atoms with E-state index < -0.39 is 0 Å². The molecule has 3 aromatic rings. The fourth-order valence-electron chi connectivity index (χ4n) is 6.45. The Labute approximate surface area is 244 Å². The van der Waals surface area contributed by atoms with Gasteiger partial charge in [-0.25, -0.2) is 4.98 Å². The summed E-state index contributed by atoms with van der Waals surface area (Å²) in [5, 5.41) is 2.15. The molecule has 1 atom stereocenters. The number of piperazine rings is 1. The summed E-state index contributed by atoms with van der Waals surface area (Å²) < 4.78 is 6.21. The van der Waals surface area contributed by atoms with Crippen molar-refractivity contribution in [3.63, 3.8) is 0 Å². The predicted octanol–water partition coefficient (Wildman–Crippen LogP) is 6.41. The highest BCUT2D eigenvalue weighted by molar-refractivity contribution is 6.06. The van der Waals surface area contributed by atoms with E-state index in [1.807, 2.05) is 35.5 Å². The molecule has 4 heterocycles. The SMILES string of the molecule is Cc1cc2cc3c(cc2cc1OCCCCCCCCN1CCN(c2ccccn2)CC1)N=C[C@@H]1CCCN1C3=O. The first-order valence-corrected chi connectivity index (χ1v) is 15.6. The summed E-state index contributed by atoms with van der Waals surface area (Å²) in [6, 6.07) is 14.6. The van der Waals surface area contributed by atoms with Crippen molar-refractivity contribution in [2.45, 2.75) is 64.3 Å². The Balaban J connectivity index is 0.894. The summed E-state index contributed by atoms with van der Waals surface area (Å²) >= 11 is 0. The van der Waals surface area contributed by atoms with Gasteiger partial charge >= 0.3 is 0 Å². The van der Waals surface area contributed by atoms with Gasteiger partial charge in [0, 0.05) is 45.1 Å². The zero-order valence-corrected chi connectivity index (χ0v) is 24.4. The zero-order chi connectivity index (χ0) is 28.0. The van der Waals surface area contributed by atoms with E-state index in [1.54, 1.807) is 0 Å². The van der Waals surface area contributed by atoms with Gasteiger partial charge in [0.15, 0.2) is 0 Å². The maximum Gasteiger partial charge on any atom is 0.256 e. The number of anilines is 1. The van der Waals surface area contributed by atoms with Crippen LogP contribution in [-0.4, -0.2) is 78.8 Å². The largest absolute Gasteiger partial charge is 0.493 e. The van der Waals surface area contributed by atoms with Gasteiger partial charge in [-0.3, -0.25) is 14.7 Å². The van der Waals surface area contributed by atoms with Crippen molar-refractivity contribution in [2.75, 3.05) is 50.8 Å². The van der Waals surface area contributed by atoms with E-state index in [1.165, 1.54) is 38.6 Å². The van der Waals surface area contributed by atoms with E-state index in [4.69, 9.17) is 9.73 Å². The third-order valence-electron chi connectivity index (χ3n) is 8.90. The summed E-state index contributed by atoms with van der Waals surface area (Å²) in [5.74, 6) is 2.15. The number of nitrogens with zero attached hydrogens (tertiary/aromatic N) is 5. The molecular weight excluding hydrogens is 510 g/mol. The fraction of sp³-hybridized carbons (Fsp3) is 0.500. The third kappa shape index (κ3) is 6.56. The molecule has 0 N–H and O–H groups in total. The molecule has 1 amide bonds. The number of aryl methyl sites for hydroxylation is 1. The van der Waals surface area contributed by atoms with Crippen LogP contribution in [0.4, 0.5) is 11.5 Å². The summed E-state index contributed by atoms with van der Waals surface area (Å²) in [7, 11) is 0. The van der Waals surface area contributed by atoms with Crippen LogP contribution in [0.2, 0.25) is 0 Å². The Kier molecular flexibility index (Phi) is 8.80. The molecule has 6 rings (SSSR count). The molecular formula is C34H43N5O2. The molecule has 41 heavy (non-hydrogen) atoms. The standard InChI is InChI=1S/C34H43N5O2/c1-26-21-27-22-30-31(36-25-29-11-10-15-39(29)34(30)40)23-28(27)24-32(26)41-20-9-5-3-2-4-8-14-37-16-18-38(19-17-37)33-12-6-7-13-35-33/h6-7,12-13,21-25,29H,2-5,8-11,14-20H2,1H3/t29-/m0/s1. The number of ether oxygens (including phenoxy) is 1. The number of benzene rings is 2. The highest BCUT2D eigenvalue weighted by Gasteiger charge is 2.31. The van der Waals surface area contributed by atoms with E-state index in [9.17, 15) is 4.79 Å². The van der Waals surface area contributed by atoms with E-state index in [0.717, 1.165) is 97.7 Å². The van der Waals surface area contributed by atoms with Crippen LogP contribution in [0.1, 0.15) is 67.3 Å². The number of rotatable bonds is 11. The van der Waals surface area contributed by atoms with Crippen molar-refractivity contribution < 1.29 is 9.53 Å². The Bertz CT molecular complexity index is 1370. The van der Waals surface area contributed by atoms with Crippen molar-refractivity contribution in [3.05, 3.63) is 59.8 Å². The van der Waals surface area contributed by atoms with Gasteiger partial charge in [0.25, 0.3) is 5.91 Å². The van der Waals surface area contributed by atoms with Crippen LogP contribution in [0.5, 0.6) is 5.75 Å². The zero-order valence-electron chi connectivity index (χ0n) is 24.4. The fourth-order valence-corrected chi connectivity index (χ4v) is 6.45. The summed E-state index contributed by atoms with van der Waals surface area (Å²) in [6.07, 6.45) is 13.3. The molecule has 3 aliphatic rings. The second-order valence-corrected chi connectivity index (χ2v) is 11.8. The lowest BCUT2D eigenvalue weighted by molar-refractivity contribution is 0.0775. The van der Waals surface area contributed by atoms with Gasteiger partial charge in [0.2, 0.25) is 0 Å². The second-order valence-electron chi connectivity index (χ2n) is 11.8. The molecule has 7 nitrogen and oxygen atoms in total. The van der Waals surface area contributed by atoms with Gasteiger partial charge in [-0.2, -0.15) is 0 Å². The predicted molar refractivity (Wildman–Crippen MR) is 167 cm³/mol. The van der Waals surface area contributed by atoms with Crippen LogP contribution in [-0.2, 0) is 0 Å². The highest BCUT2D eigenvalue weighted by atomic mass is 16.5. The minimum Gasteiger partial charge on any atom is -0.493 e. The molecule has 0 saturated carbocycles. The lowest BCUT2D eigenvalue weighted by Gasteiger charge is -2.35. The molecule has 2 aromatic carbocycles. The molecule has 0 bridgehead atoms. The number of carbonyl (C=O) groups is 1. The Morgan fingerprint density at radius 3 is 2.54 bits per heavy atom. The average molecular weight is 554 g/mol. The summed E-state index contributed by atoms with van der Waals surface area (Å²) in [4.78, 5) is 29.3. The van der Waals surface area contributed by atoms with Crippen molar-refractivity contribution in [1.29, 1.82) is 0 Å². The number of amides is 1. The van der Waals surface area contributed by atoms with Crippen molar-refractivity contribution >= 4 is 34.4 Å². The van der Waals surface area contributed by atoms with Gasteiger partial charge < -0.3 is 14.5 Å².